The Morgan fingerprint density at radius 2 is 1.80 bits per heavy atom. The van der Waals surface area contributed by atoms with Crippen molar-refractivity contribution in [1.29, 1.82) is 0 Å². The first-order chi connectivity index (χ1) is 12.0. The monoisotopic (exact) mass is 420 g/mol. The molecule has 0 spiro atoms. The van der Waals surface area contributed by atoms with Crippen LogP contribution >= 0.6 is 27.7 Å². The topological polar surface area (TPSA) is 52.6 Å². The van der Waals surface area contributed by atoms with Crippen molar-refractivity contribution in [3.63, 3.8) is 0 Å². The van der Waals surface area contributed by atoms with E-state index in [1.807, 2.05) is 24.3 Å². The molecule has 0 N–H and O–H groups in total. The Hall–Kier alpha value is -2.05. The van der Waals surface area contributed by atoms with E-state index in [2.05, 4.69) is 20.7 Å². The molecule has 6 heteroatoms. The Kier molecular flexibility index (Phi) is 7.28. The molecule has 0 heterocycles. The van der Waals surface area contributed by atoms with Gasteiger partial charge in [0.25, 0.3) is 0 Å². The lowest BCUT2D eigenvalue weighted by Crippen LogP contribution is -2.05. The van der Waals surface area contributed by atoms with E-state index in [9.17, 15) is 9.59 Å². The van der Waals surface area contributed by atoms with Gasteiger partial charge in [0.1, 0.15) is 0 Å². The van der Waals surface area contributed by atoms with Crippen LogP contribution in [0.3, 0.4) is 0 Å². The van der Waals surface area contributed by atoms with Crippen LogP contribution in [-0.4, -0.2) is 25.7 Å². The van der Waals surface area contributed by atoms with Crippen LogP contribution in [0.5, 0.6) is 0 Å². The average molecular weight is 421 g/mol. The van der Waals surface area contributed by atoms with Crippen molar-refractivity contribution < 1.29 is 19.1 Å². The predicted molar refractivity (Wildman–Crippen MR) is 102 cm³/mol. The van der Waals surface area contributed by atoms with Gasteiger partial charge in [-0.15, -0.1) is 0 Å². The van der Waals surface area contributed by atoms with E-state index >= 15 is 0 Å². The number of rotatable bonds is 6. The normalized spacial score (nSPS) is 11.1. The van der Waals surface area contributed by atoms with Gasteiger partial charge in [-0.2, -0.15) is 0 Å². The highest BCUT2D eigenvalue weighted by Gasteiger charge is 2.14. The Balaban J connectivity index is 2.31. The summed E-state index contributed by atoms with van der Waals surface area (Å²) in [5.74, 6) is -0.788. The van der Waals surface area contributed by atoms with E-state index in [1.165, 1.54) is 18.9 Å². The summed E-state index contributed by atoms with van der Waals surface area (Å²) in [5.41, 5.74) is 1.24. The van der Waals surface area contributed by atoms with Crippen molar-refractivity contribution in [1.82, 2.24) is 0 Å². The minimum atomic E-state index is -0.399. The summed E-state index contributed by atoms with van der Waals surface area (Å²) in [6.45, 7) is 2.07. The van der Waals surface area contributed by atoms with E-state index in [0.717, 1.165) is 14.9 Å². The summed E-state index contributed by atoms with van der Waals surface area (Å²) >= 11 is 4.80. The van der Waals surface area contributed by atoms with Gasteiger partial charge >= 0.3 is 11.9 Å². The van der Waals surface area contributed by atoms with Crippen LogP contribution in [0.15, 0.2) is 62.8 Å². The molecular weight excluding hydrogens is 404 g/mol. The van der Waals surface area contributed by atoms with Gasteiger partial charge in [-0.1, -0.05) is 36.0 Å². The largest absolute Gasteiger partial charge is 0.465 e. The third-order valence-electron chi connectivity index (χ3n) is 3.16. The quantitative estimate of drug-likeness (QED) is 0.376. The fraction of sp³-hybridized carbons (Fsp3) is 0.158. The van der Waals surface area contributed by atoms with Gasteiger partial charge in [-0.05, 0) is 58.8 Å². The number of benzene rings is 2. The maximum atomic E-state index is 12.3. The zero-order valence-electron chi connectivity index (χ0n) is 13.8. The zero-order chi connectivity index (χ0) is 18.2. The molecule has 0 aliphatic rings. The molecule has 0 bridgehead atoms. The SMILES string of the molecule is CCOC(=O)/C(=C/c1ccc(C(=O)OC)cc1)Sc1ccccc1Br. The molecule has 0 radical (unpaired) electrons. The van der Waals surface area contributed by atoms with Crippen LogP contribution in [0.4, 0.5) is 0 Å². The number of carbonyl (C=O) groups excluding carboxylic acids is 2. The van der Waals surface area contributed by atoms with Gasteiger partial charge in [0.05, 0.1) is 24.2 Å². The average Bonchev–Trinajstić information content (AvgIpc) is 2.63. The lowest BCUT2D eigenvalue weighted by molar-refractivity contribution is -0.137. The van der Waals surface area contributed by atoms with Crippen molar-refractivity contribution in [2.45, 2.75) is 11.8 Å². The third-order valence-corrected chi connectivity index (χ3v) is 5.20. The van der Waals surface area contributed by atoms with Crippen molar-refractivity contribution >= 4 is 45.7 Å². The Bertz CT molecular complexity index is 784. The van der Waals surface area contributed by atoms with Gasteiger partial charge < -0.3 is 9.47 Å². The highest BCUT2D eigenvalue weighted by Crippen LogP contribution is 2.34. The second kappa shape index (κ2) is 9.44. The van der Waals surface area contributed by atoms with E-state index in [4.69, 9.17) is 4.74 Å². The standard InChI is InChI=1S/C19H17BrO4S/c1-3-24-19(22)17(25-16-7-5-4-6-15(16)20)12-13-8-10-14(11-9-13)18(21)23-2/h4-12H,3H2,1-2H3/b17-12-. The summed E-state index contributed by atoms with van der Waals surface area (Å²) in [6, 6.07) is 14.5. The fourth-order valence-electron chi connectivity index (χ4n) is 1.96. The number of ether oxygens (including phenoxy) is 2. The van der Waals surface area contributed by atoms with Crippen LogP contribution in [0.2, 0.25) is 0 Å². The first kappa shape index (κ1) is 19.3. The molecule has 130 valence electrons. The number of esters is 2. The minimum Gasteiger partial charge on any atom is -0.465 e. The molecule has 2 rings (SSSR count). The number of thioether (sulfide) groups is 1. The van der Waals surface area contributed by atoms with Gasteiger partial charge in [0.15, 0.2) is 0 Å². The van der Waals surface area contributed by atoms with Gasteiger partial charge in [-0.25, -0.2) is 9.59 Å². The first-order valence-electron chi connectivity index (χ1n) is 7.54. The summed E-state index contributed by atoms with van der Waals surface area (Å²) in [7, 11) is 1.34. The molecule has 0 amide bonds. The Labute approximate surface area is 159 Å². The highest BCUT2D eigenvalue weighted by atomic mass is 79.9. The van der Waals surface area contributed by atoms with Crippen LogP contribution in [0.1, 0.15) is 22.8 Å². The molecular formula is C19H17BrO4S. The van der Waals surface area contributed by atoms with Crippen LogP contribution in [0, 0.1) is 0 Å². The molecule has 0 aliphatic heterocycles. The van der Waals surface area contributed by atoms with Crippen LogP contribution < -0.4 is 0 Å². The molecule has 0 aromatic heterocycles. The maximum Gasteiger partial charge on any atom is 0.344 e. The maximum absolute atomic E-state index is 12.3. The second-order valence-electron chi connectivity index (χ2n) is 4.88. The van der Waals surface area contributed by atoms with E-state index in [-0.39, 0.29) is 5.97 Å². The van der Waals surface area contributed by atoms with Crippen molar-refractivity contribution in [2.75, 3.05) is 13.7 Å². The molecule has 0 atom stereocenters. The number of carbonyl (C=O) groups is 2. The van der Waals surface area contributed by atoms with Crippen molar-refractivity contribution in [2.24, 2.45) is 0 Å². The third kappa shape index (κ3) is 5.47. The number of hydrogen-bond donors (Lipinski definition) is 0. The molecule has 25 heavy (non-hydrogen) atoms. The number of methoxy groups -OCH3 is 1. The molecule has 4 nitrogen and oxygen atoms in total. The summed E-state index contributed by atoms with van der Waals surface area (Å²) < 4.78 is 10.7. The Morgan fingerprint density at radius 3 is 2.40 bits per heavy atom. The fourth-order valence-corrected chi connectivity index (χ4v) is 3.38. The van der Waals surface area contributed by atoms with Crippen LogP contribution in [-0.2, 0) is 14.3 Å². The summed E-state index contributed by atoms with van der Waals surface area (Å²) in [5, 5.41) is 0. The van der Waals surface area contributed by atoms with Crippen LogP contribution in [0.25, 0.3) is 6.08 Å². The number of halogens is 1. The lowest BCUT2D eigenvalue weighted by Gasteiger charge is -2.08. The van der Waals surface area contributed by atoms with Gasteiger partial charge in [0.2, 0.25) is 0 Å². The van der Waals surface area contributed by atoms with Gasteiger partial charge in [0, 0.05) is 9.37 Å². The number of hydrogen-bond acceptors (Lipinski definition) is 5. The van der Waals surface area contributed by atoms with E-state index in [1.54, 1.807) is 37.3 Å². The van der Waals surface area contributed by atoms with E-state index < -0.39 is 5.97 Å². The Morgan fingerprint density at radius 1 is 1.12 bits per heavy atom. The minimum absolute atomic E-state index is 0.300. The highest BCUT2D eigenvalue weighted by molar-refractivity contribution is 9.10. The molecule has 0 saturated heterocycles. The molecule has 0 saturated carbocycles. The summed E-state index contributed by atoms with van der Waals surface area (Å²) in [4.78, 5) is 25.2. The predicted octanol–water partition coefficient (Wildman–Crippen LogP) is 4.93. The summed E-state index contributed by atoms with van der Waals surface area (Å²) in [6.07, 6.45) is 1.74. The smallest absolute Gasteiger partial charge is 0.344 e. The molecule has 0 aliphatic carbocycles. The molecule has 2 aromatic rings. The van der Waals surface area contributed by atoms with Gasteiger partial charge in [-0.3, -0.25) is 0 Å². The zero-order valence-corrected chi connectivity index (χ0v) is 16.2. The first-order valence-corrected chi connectivity index (χ1v) is 9.15. The van der Waals surface area contributed by atoms with Crippen molar-refractivity contribution in [3.8, 4) is 0 Å². The molecule has 0 unspecified atom stereocenters. The molecule has 0 fully saturated rings. The second-order valence-corrected chi connectivity index (χ2v) is 6.81. The van der Waals surface area contributed by atoms with E-state index in [0.29, 0.717) is 17.1 Å². The van der Waals surface area contributed by atoms with Crippen molar-refractivity contribution in [3.05, 3.63) is 69.0 Å². The lowest BCUT2D eigenvalue weighted by atomic mass is 10.1. The molecule has 2 aromatic carbocycles.